The molecule has 1 spiro atoms. The highest BCUT2D eigenvalue weighted by Crippen LogP contribution is 2.55. The zero-order chi connectivity index (χ0) is 24.1. The van der Waals surface area contributed by atoms with Crippen molar-refractivity contribution < 1.29 is 22.8 Å². The summed E-state index contributed by atoms with van der Waals surface area (Å²) in [5.74, 6) is -0.146. The summed E-state index contributed by atoms with van der Waals surface area (Å²) >= 11 is 0. The van der Waals surface area contributed by atoms with Gasteiger partial charge in [0.15, 0.2) is 11.6 Å². The molecule has 2 fully saturated rings. The zero-order valence-electron chi connectivity index (χ0n) is 19.7. The van der Waals surface area contributed by atoms with E-state index in [-0.39, 0.29) is 34.4 Å². The molecule has 182 valence electrons. The Hall–Kier alpha value is -2.37. The van der Waals surface area contributed by atoms with Crippen LogP contribution < -0.4 is 5.32 Å². The lowest BCUT2D eigenvalue weighted by Gasteiger charge is -2.48. The lowest BCUT2D eigenvalue weighted by molar-refractivity contribution is -0.137. The van der Waals surface area contributed by atoms with Gasteiger partial charge >= 0.3 is 6.18 Å². The Balaban J connectivity index is 1.57. The fourth-order valence-electron chi connectivity index (χ4n) is 6.61. The van der Waals surface area contributed by atoms with Gasteiger partial charge in [-0.1, -0.05) is 44.7 Å². The van der Waals surface area contributed by atoms with Crippen LogP contribution in [0.4, 0.5) is 13.2 Å². The van der Waals surface area contributed by atoms with Gasteiger partial charge in [0, 0.05) is 40.4 Å². The first kappa shape index (κ1) is 23.4. The molecule has 1 atom stereocenters. The Labute approximate surface area is 198 Å². The molecule has 1 N–H and O–H groups in total. The van der Waals surface area contributed by atoms with Gasteiger partial charge < -0.3 is 5.32 Å². The zero-order valence-corrected chi connectivity index (χ0v) is 19.7. The van der Waals surface area contributed by atoms with E-state index in [1.165, 1.54) is 12.1 Å². The van der Waals surface area contributed by atoms with E-state index < -0.39 is 11.7 Å². The number of benzene rings is 1. The first-order valence-corrected chi connectivity index (χ1v) is 12.7. The molecule has 0 aromatic heterocycles. The summed E-state index contributed by atoms with van der Waals surface area (Å²) in [6, 6.07) is 4.52. The van der Waals surface area contributed by atoms with Crippen LogP contribution in [0, 0.1) is 17.3 Å². The Morgan fingerprint density at radius 2 is 1.74 bits per heavy atom. The molecule has 3 aliphatic carbocycles. The van der Waals surface area contributed by atoms with Crippen LogP contribution >= 0.6 is 0 Å². The van der Waals surface area contributed by atoms with Crippen LogP contribution in [0.3, 0.4) is 0 Å². The number of ketones is 2. The van der Waals surface area contributed by atoms with E-state index in [1.807, 2.05) is 0 Å². The van der Waals surface area contributed by atoms with E-state index in [2.05, 4.69) is 12.2 Å². The number of carbonyl (C=O) groups is 2. The number of hydrogen-bond donors (Lipinski definition) is 1. The van der Waals surface area contributed by atoms with Gasteiger partial charge in [-0.25, -0.2) is 0 Å². The molecule has 5 rings (SSSR count). The number of hydrogen-bond acceptors (Lipinski definition) is 3. The predicted octanol–water partition coefficient (Wildman–Crippen LogP) is 7.14. The molecule has 6 heteroatoms. The van der Waals surface area contributed by atoms with Gasteiger partial charge in [-0.2, -0.15) is 13.2 Å². The third kappa shape index (κ3) is 4.03. The third-order valence-corrected chi connectivity index (χ3v) is 8.46. The fraction of sp³-hybridized carbons (Fsp3) is 0.571. The molecule has 1 aromatic rings. The van der Waals surface area contributed by atoms with E-state index in [9.17, 15) is 22.8 Å². The molecule has 1 unspecified atom stereocenters. The van der Waals surface area contributed by atoms with Crippen LogP contribution in [0.15, 0.2) is 46.8 Å². The summed E-state index contributed by atoms with van der Waals surface area (Å²) in [7, 11) is 0. The maximum atomic E-state index is 13.9. The highest BCUT2D eigenvalue weighted by Gasteiger charge is 2.48. The summed E-state index contributed by atoms with van der Waals surface area (Å²) in [6.07, 6.45) is 6.00. The minimum Gasteiger partial charge on any atom is -0.361 e. The van der Waals surface area contributed by atoms with Crippen LogP contribution in [-0.4, -0.2) is 11.6 Å². The number of alkyl halides is 3. The predicted molar refractivity (Wildman–Crippen MR) is 124 cm³/mol. The second kappa shape index (κ2) is 8.69. The summed E-state index contributed by atoms with van der Waals surface area (Å²) in [6.45, 7) is 2.05. The van der Waals surface area contributed by atoms with Crippen LogP contribution in [0.1, 0.15) is 93.5 Å². The summed E-state index contributed by atoms with van der Waals surface area (Å²) < 4.78 is 39.2. The molecule has 0 amide bonds. The Morgan fingerprint density at radius 3 is 2.29 bits per heavy atom. The number of dihydropyridines is 1. The highest BCUT2D eigenvalue weighted by molar-refractivity contribution is 6.12. The van der Waals surface area contributed by atoms with E-state index in [0.29, 0.717) is 18.4 Å². The van der Waals surface area contributed by atoms with Crippen molar-refractivity contribution >= 4 is 11.6 Å². The molecule has 0 bridgehead atoms. The normalized spacial score (nSPS) is 24.8. The molecule has 34 heavy (non-hydrogen) atoms. The SMILES string of the molecule is CCCC1C2=C(CC3(CCC3)CC2=O)NC(C2CCCC2)=C1C(=O)c1ccc(C(F)(F)F)cc1. The molecule has 1 heterocycles. The third-order valence-electron chi connectivity index (χ3n) is 8.46. The number of halogens is 3. The molecule has 3 nitrogen and oxygen atoms in total. The largest absolute Gasteiger partial charge is 0.416 e. The van der Waals surface area contributed by atoms with Crippen molar-refractivity contribution in [3.05, 3.63) is 57.9 Å². The Morgan fingerprint density at radius 1 is 1.06 bits per heavy atom. The molecular weight excluding hydrogens is 439 g/mol. The van der Waals surface area contributed by atoms with Crippen molar-refractivity contribution in [3.8, 4) is 0 Å². The van der Waals surface area contributed by atoms with Crippen molar-refractivity contribution in [3.63, 3.8) is 0 Å². The van der Waals surface area contributed by atoms with E-state index >= 15 is 0 Å². The number of nitrogens with one attached hydrogen (secondary N) is 1. The minimum absolute atomic E-state index is 0.0788. The van der Waals surface area contributed by atoms with Crippen LogP contribution in [0.2, 0.25) is 0 Å². The Kier molecular flexibility index (Phi) is 5.97. The lowest BCUT2D eigenvalue weighted by Crippen LogP contribution is -2.44. The second-order valence-corrected chi connectivity index (χ2v) is 10.7. The molecule has 1 aliphatic heterocycles. The number of Topliss-reactive ketones (excluding diaryl/α,β-unsaturated/α-hetero) is 2. The van der Waals surface area contributed by atoms with Crippen LogP contribution in [0.5, 0.6) is 0 Å². The van der Waals surface area contributed by atoms with Gasteiger partial charge in [-0.3, -0.25) is 9.59 Å². The number of allylic oxidation sites excluding steroid dienone is 4. The maximum absolute atomic E-state index is 13.9. The monoisotopic (exact) mass is 471 g/mol. The maximum Gasteiger partial charge on any atom is 0.416 e. The average Bonchev–Trinajstić information content (AvgIpc) is 3.31. The first-order valence-electron chi connectivity index (χ1n) is 12.7. The number of carbonyl (C=O) groups excluding carboxylic acids is 2. The lowest BCUT2D eigenvalue weighted by atomic mass is 9.58. The molecule has 1 aromatic carbocycles. The van der Waals surface area contributed by atoms with Crippen molar-refractivity contribution in [1.29, 1.82) is 0 Å². The van der Waals surface area contributed by atoms with E-state index in [0.717, 1.165) is 86.9 Å². The van der Waals surface area contributed by atoms with Gasteiger partial charge in [0.2, 0.25) is 0 Å². The van der Waals surface area contributed by atoms with Gasteiger partial charge in [0.25, 0.3) is 0 Å². The van der Waals surface area contributed by atoms with Crippen molar-refractivity contribution in [2.45, 2.75) is 83.7 Å². The summed E-state index contributed by atoms with van der Waals surface area (Å²) in [4.78, 5) is 27.3. The van der Waals surface area contributed by atoms with Gasteiger partial charge in [-0.15, -0.1) is 0 Å². The quantitative estimate of drug-likeness (QED) is 0.464. The van der Waals surface area contributed by atoms with Crippen molar-refractivity contribution in [2.24, 2.45) is 17.3 Å². The number of rotatable bonds is 5. The van der Waals surface area contributed by atoms with E-state index in [4.69, 9.17) is 0 Å². The fourth-order valence-corrected chi connectivity index (χ4v) is 6.61. The smallest absolute Gasteiger partial charge is 0.361 e. The van der Waals surface area contributed by atoms with Crippen LogP contribution in [-0.2, 0) is 11.0 Å². The average molecular weight is 472 g/mol. The first-order chi connectivity index (χ1) is 16.2. The molecule has 0 saturated heterocycles. The van der Waals surface area contributed by atoms with Gasteiger partial charge in [-0.05, 0) is 62.0 Å². The van der Waals surface area contributed by atoms with Crippen molar-refractivity contribution in [2.75, 3.05) is 0 Å². The molecule has 0 radical (unpaired) electrons. The molecular formula is C28H32F3NO2. The van der Waals surface area contributed by atoms with E-state index in [1.54, 1.807) is 0 Å². The van der Waals surface area contributed by atoms with Gasteiger partial charge in [0.05, 0.1) is 5.56 Å². The van der Waals surface area contributed by atoms with Gasteiger partial charge in [0.1, 0.15) is 0 Å². The van der Waals surface area contributed by atoms with Crippen molar-refractivity contribution in [1.82, 2.24) is 5.32 Å². The highest BCUT2D eigenvalue weighted by atomic mass is 19.4. The molecule has 2 saturated carbocycles. The van der Waals surface area contributed by atoms with Crippen LogP contribution in [0.25, 0.3) is 0 Å². The second-order valence-electron chi connectivity index (χ2n) is 10.7. The molecule has 4 aliphatic rings. The summed E-state index contributed by atoms with van der Waals surface area (Å²) in [5, 5.41) is 3.61. The Bertz CT molecular complexity index is 1050. The summed E-state index contributed by atoms with van der Waals surface area (Å²) in [5.41, 5.74) is 2.89. The standard InChI is InChI=1S/C28H32F3NO2/c1-2-6-20-23-21(15-27(13-5-14-27)16-22(23)33)32-25(17-7-3-4-8-17)24(20)26(34)18-9-11-19(12-10-18)28(29,30)31/h9-12,17,20,32H,2-8,13-16H2,1H3. The topological polar surface area (TPSA) is 46.2 Å². The minimum atomic E-state index is -4.45.